The van der Waals surface area contributed by atoms with Gasteiger partial charge in [-0.2, -0.15) is 29.8 Å². The van der Waals surface area contributed by atoms with E-state index in [0.717, 1.165) is 6.54 Å². The summed E-state index contributed by atoms with van der Waals surface area (Å²) in [6.45, 7) is 2.28. The molecule has 61 valence electrons. The second-order valence-corrected chi connectivity index (χ2v) is 3.18. The van der Waals surface area contributed by atoms with Crippen molar-refractivity contribution in [3.8, 4) is 0 Å². The fraction of sp³-hybridized carbons (Fsp3) is 0.400. The molecule has 0 N–H and O–H groups in total. The molecule has 0 saturated carbocycles. The van der Waals surface area contributed by atoms with E-state index >= 15 is 0 Å². The Bertz CT molecular complexity index is 260. The van der Waals surface area contributed by atoms with E-state index in [1.807, 2.05) is 6.07 Å². The maximum atomic E-state index is 3.11. The van der Waals surface area contributed by atoms with Gasteiger partial charge < -0.3 is 4.90 Å². The first-order chi connectivity index (χ1) is 5.36. The maximum Gasteiger partial charge on any atom is 0 e. The fourth-order valence-corrected chi connectivity index (χ4v) is 1.57. The first-order valence-electron chi connectivity index (χ1n) is 4.02. The molecule has 1 aliphatic rings. The number of hydrogen-bond donors (Lipinski definition) is 0. The van der Waals surface area contributed by atoms with Crippen LogP contribution in [0.5, 0.6) is 0 Å². The minimum absolute atomic E-state index is 0. The molecule has 2 rings (SSSR count). The van der Waals surface area contributed by atoms with Crippen LogP contribution in [0.2, 0.25) is 0 Å². The van der Waals surface area contributed by atoms with Crippen LogP contribution in [0.3, 0.4) is 0 Å². The molecule has 1 aliphatic heterocycles. The van der Waals surface area contributed by atoms with Gasteiger partial charge in [-0.25, -0.2) is 0 Å². The number of fused-ring (bicyclic) bond motifs is 1. The van der Waals surface area contributed by atoms with Crippen molar-refractivity contribution in [2.75, 3.05) is 13.6 Å². The van der Waals surface area contributed by atoms with Crippen molar-refractivity contribution in [3.05, 3.63) is 35.4 Å². The van der Waals surface area contributed by atoms with Gasteiger partial charge in [0.25, 0.3) is 0 Å². The molecule has 0 bridgehead atoms. The van der Waals surface area contributed by atoms with Crippen LogP contribution in [0.25, 0.3) is 0 Å². The van der Waals surface area contributed by atoms with E-state index in [9.17, 15) is 0 Å². The third-order valence-corrected chi connectivity index (χ3v) is 2.25. The minimum Gasteiger partial charge on any atom is -0.313 e. The Morgan fingerprint density at radius 1 is 1.42 bits per heavy atom. The van der Waals surface area contributed by atoms with Crippen molar-refractivity contribution < 1.29 is 32.7 Å². The topological polar surface area (TPSA) is 3.24 Å². The molecular formula is C10H12NY-. The van der Waals surface area contributed by atoms with Crippen molar-refractivity contribution in [2.45, 2.75) is 13.0 Å². The van der Waals surface area contributed by atoms with Crippen molar-refractivity contribution in [1.82, 2.24) is 4.90 Å². The van der Waals surface area contributed by atoms with Crippen LogP contribution < -0.4 is 0 Å². The van der Waals surface area contributed by atoms with E-state index in [-0.39, 0.29) is 32.7 Å². The van der Waals surface area contributed by atoms with Crippen molar-refractivity contribution in [1.29, 1.82) is 0 Å². The molecule has 0 fully saturated rings. The molecular weight excluding hydrogens is 223 g/mol. The Morgan fingerprint density at radius 2 is 2.25 bits per heavy atom. The summed E-state index contributed by atoms with van der Waals surface area (Å²) in [6.07, 6.45) is 1.19. The number of rotatable bonds is 0. The van der Waals surface area contributed by atoms with Crippen LogP contribution in [0.4, 0.5) is 0 Å². The largest absolute Gasteiger partial charge is 0.313 e. The predicted octanol–water partition coefficient (Wildman–Crippen LogP) is 1.47. The average Bonchev–Trinajstić information content (AvgIpc) is 2.04. The monoisotopic (exact) mass is 235 g/mol. The quantitative estimate of drug-likeness (QED) is 0.615. The van der Waals surface area contributed by atoms with Gasteiger partial charge in [-0.3, -0.25) is 0 Å². The second-order valence-electron chi connectivity index (χ2n) is 3.18. The van der Waals surface area contributed by atoms with Gasteiger partial charge in [0.15, 0.2) is 0 Å². The Labute approximate surface area is 99.0 Å². The van der Waals surface area contributed by atoms with E-state index < -0.39 is 0 Å². The second kappa shape index (κ2) is 4.50. The van der Waals surface area contributed by atoms with Gasteiger partial charge in [-0.15, -0.1) is 5.56 Å². The molecule has 0 aromatic heterocycles. The number of benzene rings is 1. The van der Waals surface area contributed by atoms with E-state index in [1.54, 1.807) is 0 Å². The van der Waals surface area contributed by atoms with Crippen molar-refractivity contribution in [3.63, 3.8) is 0 Å². The Hall–Kier alpha value is 0.284. The molecule has 1 radical (unpaired) electrons. The summed E-state index contributed by atoms with van der Waals surface area (Å²) in [5.41, 5.74) is 2.95. The van der Waals surface area contributed by atoms with Gasteiger partial charge >= 0.3 is 0 Å². The first-order valence-corrected chi connectivity index (χ1v) is 4.02. The van der Waals surface area contributed by atoms with Crippen molar-refractivity contribution in [2.24, 2.45) is 0 Å². The fourth-order valence-electron chi connectivity index (χ4n) is 1.57. The smallest absolute Gasteiger partial charge is 0 e. The molecule has 1 aromatic carbocycles. The normalized spacial score (nSPS) is 16.4. The molecule has 1 heterocycles. The molecule has 12 heavy (non-hydrogen) atoms. The van der Waals surface area contributed by atoms with Gasteiger partial charge in [-0.1, -0.05) is 0 Å². The molecule has 0 unspecified atom stereocenters. The maximum absolute atomic E-state index is 3.11. The van der Waals surface area contributed by atoms with Gasteiger partial charge in [0.1, 0.15) is 0 Å². The SMILES string of the molecule is CN1CCc2cc[c-]cc2C1.[Y]. The van der Waals surface area contributed by atoms with Gasteiger partial charge in [-0.05, 0) is 26.6 Å². The summed E-state index contributed by atoms with van der Waals surface area (Å²) in [7, 11) is 2.16. The molecule has 0 atom stereocenters. The summed E-state index contributed by atoms with van der Waals surface area (Å²) in [4.78, 5) is 2.34. The molecule has 1 nitrogen and oxygen atoms in total. The molecule has 1 aromatic rings. The van der Waals surface area contributed by atoms with Crippen LogP contribution in [-0.2, 0) is 45.7 Å². The number of nitrogens with zero attached hydrogens (tertiary/aromatic N) is 1. The standard InChI is InChI=1S/C10H12N.Y/c1-11-7-6-9-4-2-3-5-10(9)8-11;/h2,4-5H,6-8H2,1H3;/q-1;. The zero-order valence-electron chi connectivity index (χ0n) is 7.38. The van der Waals surface area contributed by atoms with E-state index in [2.05, 4.69) is 30.1 Å². The van der Waals surface area contributed by atoms with E-state index in [4.69, 9.17) is 0 Å². The van der Waals surface area contributed by atoms with Gasteiger partial charge in [0, 0.05) is 32.7 Å². The predicted molar refractivity (Wildman–Crippen MR) is 45.3 cm³/mol. The summed E-state index contributed by atoms with van der Waals surface area (Å²) in [5.74, 6) is 0. The van der Waals surface area contributed by atoms with E-state index in [1.165, 1.54) is 24.1 Å². The summed E-state index contributed by atoms with van der Waals surface area (Å²) < 4.78 is 0. The Kier molecular flexibility index (Phi) is 3.89. The zero-order chi connectivity index (χ0) is 7.68. The van der Waals surface area contributed by atoms with E-state index in [0.29, 0.717) is 0 Å². The number of likely N-dealkylation sites (N-methyl/N-ethyl adjacent to an activating group) is 1. The minimum atomic E-state index is 0. The Balaban J connectivity index is 0.000000720. The van der Waals surface area contributed by atoms with Gasteiger partial charge in [0.2, 0.25) is 0 Å². The van der Waals surface area contributed by atoms with Crippen LogP contribution in [-0.4, -0.2) is 18.5 Å². The third-order valence-electron chi connectivity index (χ3n) is 2.25. The molecule has 0 spiro atoms. The van der Waals surface area contributed by atoms with Crippen LogP contribution in [0.1, 0.15) is 11.1 Å². The zero-order valence-corrected chi connectivity index (χ0v) is 10.2. The third kappa shape index (κ3) is 2.15. The van der Waals surface area contributed by atoms with Gasteiger partial charge in [0.05, 0.1) is 0 Å². The average molecular weight is 235 g/mol. The molecule has 0 saturated heterocycles. The molecule has 0 amide bonds. The Morgan fingerprint density at radius 3 is 3.08 bits per heavy atom. The first kappa shape index (κ1) is 10.4. The van der Waals surface area contributed by atoms with Crippen molar-refractivity contribution >= 4 is 0 Å². The molecule has 2 heteroatoms. The van der Waals surface area contributed by atoms with Crippen LogP contribution in [0.15, 0.2) is 18.2 Å². The van der Waals surface area contributed by atoms with Crippen LogP contribution in [0, 0.1) is 6.07 Å². The molecule has 0 aliphatic carbocycles. The van der Waals surface area contributed by atoms with Crippen LogP contribution >= 0.6 is 0 Å². The summed E-state index contributed by atoms with van der Waals surface area (Å²) in [5, 5.41) is 0. The summed E-state index contributed by atoms with van der Waals surface area (Å²) >= 11 is 0. The summed E-state index contributed by atoms with van der Waals surface area (Å²) in [6, 6.07) is 9.40. The number of hydrogen-bond acceptors (Lipinski definition) is 1.